The highest BCUT2D eigenvalue weighted by atomic mass is 19.1. The number of benzene rings is 2. The Balaban J connectivity index is 1.76. The highest BCUT2D eigenvalue weighted by molar-refractivity contribution is 5.35. The summed E-state index contributed by atoms with van der Waals surface area (Å²) in [6, 6.07) is 13.7. The molecule has 3 nitrogen and oxygen atoms in total. The van der Waals surface area contributed by atoms with Crippen LogP contribution in [0.4, 0.5) is 4.39 Å². The number of aliphatic hydroxyl groups is 2. The van der Waals surface area contributed by atoms with Crippen molar-refractivity contribution in [1.29, 1.82) is 0 Å². The van der Waals surface area contributed by atoms with Gasteiger partial charge in [-0.3, -0.25) is 0 Å². The fourth-order valence-corrected chi connectivity index (χ4v) is 3.48. The van der Waals surface area contributed by atoms with Gasteiger partial charge in [0.1, 0.15) is 5.75 Å². The van der Waals surface area contributed by atoms with Gasteiger partial charge in [-0.2, -0.15) is 0 Å². The Labute approximate surface area is 141 Å². The molecule has 2 aromatic rings. The molecule has 0 amide bonds. The van der Waals surface area contributed by atoms with Gasteiger partial charge in [0.05, 0.1) is 12.7 Å². The number of para-hydroxylation sites is 1. The van der Waals surface area contributed by atoms with E-state index in [1.165, 1.54) is 6.07 Å². The zero-order valence-corrected chi connectivity index (χ0v) is 13.6. The fraction of sp³-hybridized carbons (Fsp3) is 0.400. The van der Waals surface area contributed by atoms with E-state index in [2.05, 4.69) is 0 Å². The van der Waals surface area contributed by atoms with Crippen LogP contribution in [0.1, 0.15) is 31.2 Å². The third-order valence-corrected chi connectivity index (χ3v) is 5.02. The molecule has 0 spiro atoms. The molecule has 24 heavy (non-hydrogen) atoms. The van der Waals surface area contributed by atoms with Crippen molar-refractivity contribution in [2.45, 2.75) is 38.2 Å². The second kappa shape index (κ2) is 7.32. The summed E-state index contributed by atoms with van der Waals surface area (Å²) in [5, 5.41) is 20.3. The van der Waals surface area contributed by atoms with E-state index >= 15 is 0 Å². The minimum Gasteiger partial charge on any atom is -0.454 e. The Morgan fingerprint density at radius 1 is 1.08 bits per heavy atom. The summed E-state index contributed by atoms with van der Waals surface area (Å²) < 4.78 is 19.6. The van der Waals surface area contributed by atoms with E-state index in [1.807, 2.05) is 18.2 Å². The Bertz CT molecular complexity index is 666. The maximum Gasteiger partial charge on any atom is 0.165 e. The number of ether oxygens (including phenoxy) is 1. The molecule has 4 heteroatoms. The Morgan fingerprint density at radius 3 is 2.46 bits per heavy atom. The summed E-state index contributed by atoms with van der Waals surface area (Å²) >= 11 is 0. The minimum atomic E-state index is -0.639. The topological polar surface area (TPSA) is 49.7 Å². The van der Waals surface area contributed by atoms with Crippen molar-refractivity contribution in [3.63, 3.8) is 0 Å². The largest absolute Gasteiger partial charge is 0.454 e. The maximum absolute atomic E-state index is 14.0. The molecule has 1 aliphatic carbocycles. The van der Waals surface area contributed by atoms with Crippen molar-refractivity contribution in [3.05, 3.63) is 59.9 Å². The van der Waals surface area contributed by atoms with Crippen LogP contribution < -0.4 is 4.74 Å². The lowest BCUT2D eigenvalue weighted by atomic mass is 9.78. The van der Waals surface area contributed by atoms with Crippen LogP contribution in [0.5, 0.6) is 11.5 Å². The molecule has 1 fully saturated rings. The second-order valence-corrected chi connectivity index (χ2v) is 6.63. The summed E-state index contributed by atoms with van der Waals surface area (Å²) in [7, 11) is 0. The van der Waals surface area contributed by atoms with Crippen molar-refractivity contribution in [2.24, 2.45) is 5.41 Å². The summed E-state index contributed by atoms with van der Waals surface area (Å²) in [4.78, 5) is 0. The van der Waals surface area contributed by atoms with Gasteiger partial charge in [-0.05, 0) is 49.1 Å². The van der Waals surface area contributed by atoms with Gasteiger partial charge in [0.2, 0.25) is 0 Å². The van der Waals surface area contributed by atoms with Crippen molar-refractivity contribution < 1.29 is 19.3 Å². The molecule has 1 unspecified atom stereocenters. The zero-order valence-electron chi connectivity index (χ0n) is 13.6. The summed E-state index contributed by atoms with van der Waals surface area (Å²) in [6.07, 6.45) is 3.47. The van der Waals surface area contributed by atoms with E-state index in [1.54, 1.807) is 24.3 Å². The molecule has 0 aliphatic heterocycles. The molecule has 0 bridgehead atoms. The molecule has 1 saturated carbocycles. The molecular weight excluding hydrogens is 307 g/mol. The van der Waals surface area contributed by atoms with Gasteiger partial charge >= 0.3 is 0 Å². The molecule has 1 aliphatic rings. The average molecular weight is 330 g/mol. The molecule has 1 atom stereocenters. The van der Waals surface area contributed by atoms with Gasteiger partial charge in [-0.25, -0.2) is 4.39 Å². The summed E-state index contributed by atoms with van der Waals surface area (Å²) in [5.74, 6) is 0.280. The van der Waals surface area contributed by atoms with Gasteiger partial charge in [0, 0.05) is 5.41 Å². The van der Waals surface area contributed by atoms with E-state index in [4.69, 9.17) is 4.74 Å². The quantitative estimate of drug-likeness (QED) is 0.839. The Morgan fingerprint density at radius 2 is 1.79 bits per heavy atom. The van der Waals surface area contributed by atoms with Crippen molar-refractivity contribution in [3.8, 4) is 11.5 Å². The SMILES string of the molecule is OCC1(C(O)Cc2ccc(F)c(Oc3ccccc3)c2)CCCC1. The zero-order chi connectivity index (χ0) is 17.0. The molecule has 128 valence electrons. The third kappa shape index (κ3) is 3.60. The monoisotopic (exact) mass is 330 g/mol. The smallest absolute Gasteiger partial charge is 0.165 e. The molecule has 3 rings (SSSR count). The second-order valence-electron chi connectivity index (χ2n) is 6.63. The van der Waals surface area contributed by atoms with Crippen molar-refractivity contribution in [2.75, 3.05) is 6.61 Å². The predicted octanol–water partition coefficient (Wildman–Crippen LogP) is 4.07. The number of hydrogen-bond acceptors (Lipinski definition) is 3. The lowest BCUT2D eigenvalue weighted by molar-refractivity contribution is -0.0128. The maximum atomic E-state index is 14.0. The van der Waals surface area contributed by atoms with E-state index in [0.717, 1.165) is 31.2 Å². The average Bonchev–Trinajstić information content (AvgIpc) is 3.09. The highest BCUT2D eigenvalue weighted by Gasteiger charge is 2.39. The van der Waals surface area contributed by atoms with Crippen LogP contribution in [0.25, 0.3) is 0 Å². The number of halogens is 1. The first-order chi connectivity index (χ1) is 11.6. The Kier molecular flexibility index (Phi) is 5.17. The molecule has 0 radical (unpaired) electrons. The van der Waals surface area contributed by atoms with Crippen molar-refractivity contribution in [1.82, 2.24) is 0 Å². The fourth-order valence-electron chi connectivity index (χ4n) is 3.48. The summed E-state index contributed by atoms with van der Waals surface area (Å²) in [5.41, 5.74) is 0.379. The van der Waals surface area contributed by atoms with E-state index in [0.29, 0.717) is 12.2 Å². The predicted molar refractivity (Wildman–Crippen MR) is 90.6 cm³/mol. The normalized spacial score (nSPS) is 17.6. The first-order valence-electron chi connectivity index (χ1n) is 8.43. The van der Waals surface area contributed by atoms with Crippen LogP contribution in [-0.4, -0.2) is 22.9 Å². The van der Waals surface area contributed by atoms with Crippen LogP contribution in [0, 0.1) is 11.2 Å². The molecule has 0 saturated heterocycles. The molecule has 2 aromatic carbocycles. The highest BCUT2D eigenvalue weighted by Crippen LogP contribution is 2.42. The first kappa shape index (κ1) is 16.9. The van der Waals surface area contributed by atoms with Crippen LogP contribution in [-0.2, 0) is 6.42 Å². The number of aliphatic hydroxyl groups excluding tert-OH is 2. The van der Waals surface area contributed by atoms with E-state index < -0.39 is 17.3 Å². The number of hydrogen-bond donors (Lipinski definition) is 2. The lowest BCUT2D eigenvalue weighted by Gasteiger charge is -2.32. The van der Waals surface area contributed by atoms with Gasteiger partial charge in [-0.1, -0.05) is 37.1 Å². The van der Waals surface area contributed by atoms with Crippen LogP contribution in [0.3, 0.4) is 0 Å². The minimum absolute atomic E-state index is 0.0112. The third-order valence-electron chi connectivity index (χ3n) is 5.02. The summed E-state index contributed by atoms with van der Waals surface area (Å²) in [6.45, 7) is -0.0112. The molecule has 0 heterocycles. The lowest BCUT2D eigenvalue weighted by Crippen LogP contribution is -2.37. The van der Waals surface area contributed by atoms with Crippen molar-refractivity contribution >= 4 is 0 Å². The van der Waals surface area contributed by atoms with Gasteiger partial charge < -0.3 is 14.9 Å². The standard InChI is InChI=1S/C20H23FO3/c21-17-9-8-15(12-18(17)24-16-6-2-1-3-7-16)13-19(23)20(14-22)10-4-5-11-20/h1-3,6-9,12,19,22-23H,4-5,10-11,13-14H2. The van der Waals surface area contributed by atoms with Crippen LogP contribution in [0.2, 0.25) is 0 Å². The Hall–Kier alpha value is -1.91. The van der Waals surface area contributed by atoms with Crippen LogP contribution >= 0.6 is 0 Å². The molecule has 2 N–H and O–H groups in total. The first-order valence-corrected chi connectivity index (χ1v) is 8.43. The molecule has 0 aromatic heterocycles. The molecular formula is C20H23FO3. The van der Waals surface area contributed by atoms with Gasteiger partial charge in [0.25, 0.3) is 0 Å². The van der Waals surface area contributed by atoms with Crippen LogP contribution in [0.15, 0.2) is 48.5 Å². The van der Waals surface area contributed by atoms with Gasteiger partial charge in [0.15, 0.2) is 11.6 Å². The van der Waals surface area contributed by atoms with Gasteiger partial charge in [-0.15, -0.1) is 0 Å². The van der Waals surface area contributed by atoms with E-state index in [-0.39, 0.29) is 12.4 Å². The van der Waals surface area contributed by atoms with E-state index in [9.17, 15) is 14.6 Å². The number of rotatable bonds is 6.